The highest BCUT2D eigenvalue weighted by atomic mass is 32.1. The van der Waals surface area contributed by atoms with Crippen LogP contribution in [0.25, 0.3) is 6.08 Å². The highest BCUT2D eigenvalue weighted by molar-refractivity contribution is 7.07. The molecule has 2 aromatic carbocycles. The summed E-state index contributed by atoms with van der Waals surface area (Å²) in [5.74, 6) is -1.23. The van der Waals surface area contributed by atoms with E-state index in [9.17, 15) is 18.4 Å². The first-order valence-electron chi connectivity index (χ1n) is 9.97. The average Bonchev–Trinajstić information content (AvgIpc) is 3.34. The molecule has 1 saturated heterocycles. The number of benzene rings is 2. The van der Waals surface area contributed by atoms with E-state index in [-0.39, 0.29) is 11.5 Å². The van der Waals surface area contributed by atoms with Crippen molar-refractivity contribution in [2.24, 2.45) is 0 Å². The van der Waals surface area contributed by atoms with Gasteiger partial charge in [0.2, 0.25) is 6.41 Å². The maximum absolute atomic E-state index is 13.9. The van der Waals surface area contributed by atoms with Gasteiger partial charge in [-0.2, -0.15) is 0 Å². The van der Waals surface area contributed by atoms with E-state index in [1.807, 2.05) is 5.01 Å². The van der Waals surface area contributed by atoms with Crippen molar-refractivity contribution < 1.29 is 18.4 Å². The van der Waals surface area contributed by atoms with Crippen molar-refractivity contribution in [2.45, 2.75) is 12.8 Å². The molecule has 2 amide bonds. The van der Waals surface area contributed by atoms with E-state index in [1.165, 1.54) is 22.4 Å². The summed E-state index contributed by atoms with van der Waals surface area (Å²) in [5, 5.41) is 7.85. The number of nitrogens with zero attached hydrogens (tertiary/aromatic N) is 3. The van der Waals surface area contributed by atoms with E-state index in [2.05, 4.69) is 10.3 Å². The van der Waals surface area contributed by atoms with Gasteiger partial charge in [0.25, 0.3) is 5.91 Å². The normalized spacial score (nSPS) is 14.1. The van der Waals surface area contributed by atoms with Crippen LogP contribution in [0.4, 0.5) is 20.2 Å². The molecule has 1 aliphatic rings. The number of hydrazine groups is 1. The molecule has 1 aliphatic heterocycles. The molecular formula is C23H20F2N4O2S. The smallest absolute Gasteiger partial charge is 0.275 e. The van der Waals surface area contributed by atoms with Gasteiger partial charge in [0.1, 0.15) is 17.3 Å². The summed E-state index contributed by atoms with van der Waals surface area (Å²) in [6, 6.07) is 10.3. The van der Waals surface area contributed by atoms with Gasteiger partial charge < -0.3 is 5.32 Å². The molecule has 0 radical (unpaired) electrons. The lowest BCUT2D eigenvalue weighted by molar-refractivity contribution is -0.110. The molecule has 9 heteroatoms. The van der Waals surface area contributed by atoms with Crippen molar-refractivity contribution in [3.05, 3.63) is 81.8 Å². The lowest BCUT2D eigenvalue weighted by atomic mass is 10.0. The fraction of sp³-hybridized carbons (Fsp3) is 0.174. The molecule has 6 nitrogen and oxygen atoms in total. The Morgan fingerprint density at radius 3 is 2.53 bits per heavy atom. The zero-order valence-corrected chi connectivity index (χ0v) is 17.8. The minimum Gasteiger partial charge on any atom is -0.321 e. The SMILES string of the molecule is O=CN(c1ccc(NC(=O)c2cscn2)cc1)N1CCC(=Cc2cc(F)ccc2F)CC1. The van der Waals surface area contributed by atoms with Crippen LogP contribution in [0, 0.1) is 11.6 Å². The van der Waals surface area contributed by atoms with Crippen LogP contribution in [0.3, 0.4) is 0 Å². The van der Waals surface area contributed by atoms with Crippen molar-refractivity contribution in [1.82, 2.24) is 9.99 Å². The van der Waals surface area contributed by atoms with E-state index < -0.39 is 11.6 Å². The largest absolute Gasteiger partial charge is 0.321 e. The molecule has 0 unspecified atom stereocenters. The summed E-state index contributed by atoms with van der Waals surface area (Å²) in [6.45, 7) is 1.12. The number of anilines is 2. The zero-order chi connectivity index (χ0) is 22.5. The van der Waals surface area contributed by atoms with Gasteiger partial charge in [0.05, 0.1) is 11.2 Å². The number of hydrogen-bond donors (Lipinski definition) is 1. The van der Waals surface area contributed by atoms with Gasteiger partial charge in [0, 0.05) is 29.7 Å². The summed E-state index contributed by atoms with van der Waals surface area (Å²) in [7, 11) is 0. The van der Waals surface area contributed by atoms with Gasteiger partial charge in [0.15, 0.2) is 0 Å². The Balaban J connectivity index is 1.39. The Labute approximate surface area is 187 Å². The van der Waals surface area contributed by atoms with Gasteiger partial charge in [-0.1, -0.05) is 11.6 Å². The van der Waals surface area contributed by atoms with Gasteiger partial charge in [-0.05, 0) is 55.3 Å². The number of carbonyl (C=O) groups excluding carboxylic acids is 2. The summed E-state index contributed by atoms with van der Waals surface area (Å²) >= 11 is 1.34. The molecule has 0 saturated carbocycles. The minimum absolute atomic E-state index is 0.232. The van der Waals surface area contributed by atoms with E-state index >= 15 is 0 Å². The second-order valence-corrected chi connectivity index (χ2v) is 7.97. The molecule has 32 heavy (non-hydrogen) atoms. The molecular weight excluding hydrogens is 434 g/mol. The second-order valence-electron chi connectivity index (χ2n) is 7.25. The molecule has 0 bridgehead atoms. The summed E-state index contributed by atoms with van der Waals surface area (Å²) in [4.78, 5) is 27.9. The molecule has 2 heterocycles. The van der Waals surface area contributed by atoms with Crippen molar-refractivity contribution in [3.63, 3.8) is 0 Å². The third-order valence-corrected chi connectivity index (χ3v) is 5.75. The number of aromatic nitrogens is 1. The zero-order valence-electron chi connectivity index (χ0n) is 17.0. The lowest BCUT2D eigenvalue weighted by Gasteiger charge is -2.35. The quantitative estimate of drug-likeness (QED) is 0.547. The number of piperidine rings is 1. The van der Waals surface area contributed by atoms with E-state index in [4.69, 9.17) is 0 Å². The Kier molecular flexibility index (Phi) is 6.67. The lowest BCUT2D eigenvalue weighted by Crippen LogP contribution is -2.45. The molecule has 1 aromatic heterocycles. The second kappa shape index (κ2) is 9.80. The van der Waals surface area contributed by atoms with Gasteiger partial charge in [-0.15, -0.1) is 11.3 Å². The Bertz CT molecular complexity index is 1120. The number of amides is 2. The molecule has 0 atom stereocenters. The molecule has 4 rings (SSSR count). The van der Waals surface area contributed by atoms with Crippen LogP contribution in [-0.2, 0) is 4.79 Å². The fourth-order valence-corrected chi connectivity index (χ4v) is 4.03. The van der Waals surface area contributed by atoms with Crippen LogP contribution in [0.15, 0.2) is 58.9 Å². The molecule has 0 aliphatic carbocycles. The first-order valence-corrected chi connectivity index (χ1v) is 10.9. The van der Waals surface area contributed by atoms with Crippen molar-refractivity contribution >= 4 is 41.1 Å². The Morgan fingerprint density at radius 1 is 1.12 bits per heavy atom. The maximum Gasteiger partial charge on any atom is 0.275 e. The molecule has 1 N–H and O–H groups in total. The Hall–Kier alpha value is -3.43. The summed E-state index contributed by atoms with van der Waals surface area (Å²) < 4.78 is 27.3. The highest BCUT2D eigenvalue weighted by Crippen LogP contribution is 2.25. The predicted octanol–water partition coefficient (Wildman–Crippen LogP) is 4.73. The summed E-state index contributed by atoms with van der Waals surface area (Å²) in [5.41, 5.74) is 4.43. The summed E-state index contributed by atoms with van der Waals surface area (Å²) in [6.07, 6.45) is 3.68. The number of thiazole rings is 1. The molecule has 0 spiro atoms. The third-order valence-electron chi connectivity index (χ3n) is 5.16. The fourth-order valence-electron chi connectivity index (χ4n) is 3.50. The number of hydrogen-bond acceptors (Lipinski definition) is 5. The van der Waals surface area contributed by atoms with Gasteiger partial charge in [-0.3, -0.25) is 9.59 Å². The molecule has 1 fully saturated rings. The van der Waals surface area contributed by atoms with Crippen LogP contribution in [0.2, 0.25) is 0 Å². The monoisotopic (exact) mass is 454 g/mol. The van der Waals surface area contributed by atoms with E-state index in [0.717, 1.165) is 24.1 Å². The van der Waals surface area contributed by atoms with Crippen LogP contribution in [-0.4, -0.2) is 35.4 Å². The van der Waals surface area contributed by atoms with Gasteiger partial charge >= 0.3 is 0 Å². The first kappa shape index (κ1) is 21.8. The van der Waals surface area contributed by atoms with Crippen LogP contribution >= 0.6 is 11.3 Å². The number of halogens is 2. The van der Waals surface area contributed by atoms with Crippen LogP contribution in [0.5, 0.6) is 0 Å². The van der Waals surface area contributed by atoms with Crippen LogP contribution in [0.1, 0.15) is 28.9 Å². The minimum atomic E-state index is -0.478. The van der Waals surface area contributed by atoms with Crippen molar-refractivity contribution in [2.75, 3.05) is 23.4 Å². The van der Waals surface area contributed by atoms with Crippen molar-refractivity contribution in [1.29, 1.82) is 0 Å². The number of rotatable bonds is 6. The molecule has 164 valence electrons. The van der Waals surface area contributed by atoms with Gasteiger partial charge in [-0.25, -0.2) is 23.8 Å². The Morgan fingerprint density at radius 2 is 1.88 bits per heavy atom. The highest BCUT2D eigenvalue weighted by Gasteiger charge is 2.21. The van der Waals surface area contributed by atoms with Crippen molar-refractivity contribution in [3.8, 4) is 0 Å². The van der Waals surface area contributed by atoms with E-state index in [0.29, 0.717) is 43.0 Å². The third kappa shape index (κ3) is 5.06. The average molecular weight is 455 g/mol. The number of nitrogens with one attached hydrogen (secondary N) is 1. The van der Waals surface area contributed by atoms with E-state index in [1.54, 1.807) is 41.2 Å². The van der Waals surface area contributed by atoms with Crippen LogP contribution < -0.4 is 10.3 Å². The first-order chi connectivity index (χ1) is 15.5. The molecule has 3 aromatic rings. The predicted molar refractivity (Wildman–Crippen MR) is 120 cm³/mol. The number of carbonyl (C=O) groups is 2. The standard InChI is InChI=1S/C23H20F2N4O2S/c24-18-1-6-21(25)17(12-18)11-16-7-9-28(10-8-16)29(15-30)20-4-2-19(3-5-20)27-23(31)22-13-32-14-26-22/h1-6,11-15H,7-10H2,(H,27,31). The topological polar surface area (TPSA) is 65.5 Å². The maximum atomic E-state index is 13.9.